The Morgan fingerprint density at radius 3 is 2.92 bits per heavy atom. The summed E-state index contributed by atoms with van der Waals surface area (Å²) in [4.78, 5) is 6.72. The van der Waals surface area contributed by atoms with Crippen molar-refractivity contribution in [1.29, 1.82) is 0 Å². The van der Waals surface area contributed by atoms with Crippen LogP contribution in [0, 0.1) is 0 Å². The van der Waals surface area contributed by atoms with E-state index in [4.69, 9.17) is 4.74 Å². The highest BCUT2D eigenvalue weighted by Gasteiger charge is 2.14. The topological polar surface area (TPSA) is 24.8 Å². The summed E-state index contributed by atoms with van der Waals surface area (Å²) in [6, 6.07) is 0.392. The number of aliphatic imine (C=N–C) groups is 1. The van der Waals surface area contributed by atoms with Crippen molar-refractivity contribution in [3.63, 3.8) is 0 Å². The van der Waals surface area contributed by atoms with E-state index in [0.717, 1.165) is 32.8 Å². The average molecular weight is 166 g/mol. The molecule has 1 unspecified atom stereocenters. The Hall–Kier alpha value is -0.670. The van der Waals surface area contributed by atoms with E-state index in [0.29, 0.717) is 6.04 Å². The number of hydrogen-bond donors (Lipinski definition) is 0. The molecule has 0 amide bonds. The van der Waals surface area contributed by atoms with Crippen molar-refractivity contribution in [1.82, 2.24) is 4.90 Å². The molecule has 0 N–H and O–H groups in total. The summed E-state index contributed by atoms with van der Waals surface area (Å²) in [5.41, 5.74) is 0. The van der Waals surface area contributed by atoms with Crippen LogP contribution in [0.1, 0.15) is 0 Å². The maximum Gasteiger partial charge on any atom is 0.0810 e. The van der Waals surface area contributed by atoms with Crippen molar-refractivity contribution in [2.75, 3.05) is 32.8 Å². The molecule has 12 heavy (non-hydrogen) atoms. The Morgan fingerprint density at radius 2 is 2.25 bits per heavy atom. The first kappa shape index (κ1) is 7.95. The third-order valence-electron chi connectivity index (χ3n) is 2.25. The summed E-state index contributed by atoms with van der Waals surface area (Å²) in [5, 5.41) is 0. The van der Waals surface area contributed by atoms with Crippen LogP contribution in [0.4, 0.5) is 0 Å². The number of hydrogen-bond acceptors (Lipinski definition) is 3. The quantitative estimate of drug-likeness (QED) is 0.590. The van der Waals surface area contributed by atoms with Crippen molar-refractivity contribution in [3.05, 3.63) is 12.2 Å². The minimum Gasteiger partial charge on any atom is -0.379 e. The average Bonchev–Trinajstić information content (AvgIpc) is 2.59. The van der Waals surface area contributed by atoms with Gasteiger partial charge in [-0.25, -0.2) is 0 Å². The predicted octanol–water partition coefficient (Wildman–Crippen LogP) is 0.328. The largest absolute Gasteiger partial charge is 0.379 e. The smallest absolute Gasteiger partial charge is 0.0810 e. The normalized spacial score (nSPS) is 29.8. The lowest BCUT2D eigenvalue weighted by molar-refractivity contribution is 0.0372. The molecule has 1 fully saturated rings. The molecule has 2 heterocycles. The molecule has 0 aromatic rings. The summed E-state index contributed by atoms with van der Waals surface area (Å²) in [6.07, 6.45) is 6.05. The number of ether oxygens (including phenoxy) is 1. The van der Waals surface area contributed by atoms with Gasteiger partial charge in [-0.2, -0.15) is 0 Å². The van der Waals surface area contributed by atoms with Crippen molar-refractivity contribution < 1.29 is 4.74 Å². The minimum absolute atomic E-state index is 0.392. The molecule has 2 aliphatic rings. The highest BCUT2D eigenvalue weighted by molar-refractivity contribution is 5.74. The van der Waals surface area contributed by atoms with Crippen molar-refractivity contribution in [3.8, 4) is 0 Å². The molecule has 0 aliphatic carbocycles. The third-order valence-corrected chi connectivity index (χ3v) is 2.25. The molecule has 0 aromatic carbocycles. The molecular weight excluding hydrogens is 152 g/mol. The van der Waals surface area contributed by atoms with Gasteiger partial charge in [-0.15, -0.1) is 0 Å². The van der Waals surface area contributed by atoms with E-state index >= 15 is 0 Å². The fraction of sp³-hybridized carbons (Fsp3) is 0.667. The molecule has 0 radical (unpaired) electrons. The second kappa shape index (κ2) is 3.83. The van der Waals surface area contributed by atoms with Gasteiger partial charge in [-0.1, -0.05) is 6.08 Å². The molecule has 0 spiro atoms. The van der Waals surface area contributed by atoms with E-state index in [-0.39, 0.29) is 0 Å². The van der Waals surface area contributed by atoms with Gasteiger partial charge in [0.1, 0.15) is 0 Å². The van der Waals surface area contributed by atoms with E-state index in [1.807, 2.05) is 12.3 Å². The van der Waals surface area contributed by atoms with Gasteiger partial charge in [-0.05, 0) is 6.08 Å². The van der Waals surface area contributed by atoms with E-state index in [1.54, 1.807) is 0 Å². The molecule has 1 atom stereocenters. The first-order valence-corrected chi connectivity index (χ1v) is 4.45. The van der Waals surface area contributed by atoms with Gasteiger partial charge < -0.3 is 4.74 Å². The fourth-order valence-electron chi connectivity index (χ4n) is 1.54. The van der Waals surface area contributed by atoms with Crippen LogP contribution < -0.4 is 0 Å². The first-order valence-electron chi connectivity index (χ1n) is 4.45. The molecule has 2 aliphatic heterocycles. The van der Waals surface area contributed by atoms with Crippen LogP contribution in [-0.4, -0.2) is 50.0 Å². The Kier molecular flexibility index (Phi) is 2.54. The first-order chi connectivity index (χ1) is 5.95. The van der Waals surface area contributed by atoms with E-state index in [2.05, 4.69) is 16.0 Å². The lowest BCUT2D eigenvalue weighted by atomic mass is 10.2. The van der Waals surface area contributed by atoms with E-state index < -0.39 is 0 Å². The van der Waals surface area contributed by atoms with Crippen LogP contribution in [0.15, 0.2) is 17.1 Å². The predicted molar refractivity (Wildman–Crippen MR) is 48.7 cm³/mol. The van der Waals surface area contributed by atoms with Crippen molar-refractivity contribution in [2.45, 2.75) is 6.04 Å². The summed E-state index contributed by atoms with van der Waals surface area (Å²) >= 11 is 0. The van der Waals surface area contributed by atoms with Crippen LogP contribution >= 0.6 is 0 Å². The fourth-order valence-corrected chi connectivity index (χ4v) is 1.54. The van der Waals surface area contributed by atoms with Gasteiger partial charge >= 0.3 is 0 Å². The zero-order chi connectivity index (χ0) is 8.23. The molecule has 66 valence electrons. The summed E-state index contributed by atoms with van der Waals surface area (Å²) in [5.74, 6) is 0. The van der Waals surface area contributed by atoms with Crippen LogP contribution in [0.3, 0.4) is 0 Å². The molecule has 2 rings (SSSR count). The van der Waals surface area contributed by atoms with Gasteiger partial charge in [0.2, 0.25) is 0 Å². The zero-order valence-electron chi connectivity index (χ0n) is 7.15. The van der Waals surface area contributed by atoms with Crippen LogP contribution in [0.5, 0.6) is 0 Å². The molecule has 0 saturated carbocycles. The maximum atomic E-state index is 5.27. The van der Waals surface area contributed by atoms with Crippen LogP contribution in [0.2, 0.25) is 0 Å². The highest BCUT2D eigenvalue weighted by Crippen LogP contribution is 2.04. The van der Waals surface area contributed by atoms with E-state index in [9.17, 15) is 0 Å². The standard InChI is InChI=1S/C9H14N2O/c1-2-9(10-3-1)8-11-4-6-12-7-5-11/h1-3,9H,4-8H2. The van der Waals surface area contributed by atoms with Crippen molar-refractivity contribution >= 4 is 6.21 Å². The summed E-state index contributed by atoms with van der Waals surface area (Å²) < 4.78 is 5.27. The Morgan fingerprint density at radius 1 is 1.42 bits per heavy atom. The van der Waals surface area contributed by atoms with Gasteiger partial charge in [0.25, 0.3) is 0 Å². The Labute approximate surface area is 72.7 Å². The molecule has 0 bridgehead atoms. The van der Waals surface area contributed by atoms with Gasteiger partial charge in [0, 0.05) is 25.8 Å². The molecule has 1 saturated heterocycles. The molecule has 0 aromatic heterocycles. The lowest BCUT2D eigenvalue weighted by Crippen LogP contribution is -2.39. The Balaban J connectivity index is 1.77. The monoisotopic (exact) mass is 166 g/mol. The van der Waals surface area contributed by atoms with Crippen LogP contribution in [-0.2, 0) is 4.74 Å². The minimum atomic E-state index is 0.392. The second-order valence-electron chi connectivity index (χ2n) is 3.16. The van der Waals surface area contributed by atoms with Crippen LogP contribution in [0.25, 0.3) is 0 Å². The second-order valence-corrected chi connectivity index (χ2v) is 3.16. The lowest BCUT2D eigenvalue weighted by Gasteiger charge is -2.27. The molecule has 3 heteroatoms. The SMILES string of the molecule is C1=CC(CN2CCOCC2)N=C1. The third kappa shape index (κ3) is 1.93. The zero-order valence-corrected chi connectivity index (χ0v) is 7.15. The Bertz CT molecular complexity index is 183. The molecule has 3 nitrogen and oxygen atoms in total. The van der Waals surface area contributed by atoms with Crippen molar-refractivity contribution in [2.24, 2.45) is 4.99 Å². The summed E-state index contributed by atoms with van der Waals surface area (Å²) in [7, 11) is 0. The summed E-state index contributed by atoms with van der Waals surface area (Å²) in [6.45, 7) is 4.91. The highest BCUT2D eigenvalue weighted by atomic mass is 16.5. The molecular formula is C9H14N2O. The van der Waals surface area contributed by atoms with Gasteiger partial charge in [0.15, 0.2) is 0 Å². The van der Waals surface area contributed by atoms with E-state index in [1.165, 1.54) is 0 Å². The number of allylic oxidation sites excluding steroid dienone is 1. The number of morpholine rings is 1. The maximum absolute atomic E-state index is 5.27. The van der Waals surface area contributed by atoms with Gasteiger partial charge in [0.05, 0.1) is 19.3 Å². The number of rotatable bonds is 2. The number of nitrogens with zero attached hydrogens (tertiary/aromatic N) is 2. The van der Waals surface area contributed by atoms with Gasteiger partial charge in [-0.3, -0.25) is 9.89 Å².